The van der Waals surface area contributed by atoms with E-state index in [1.807, 2.05) is 0 Å². The van der Waals surface area contributed by atoms with Crippen LogP contribution in [0.4, 0.5) is 11.4 Å². The zero-order valence-electron chi connectivity index (χ0n) is 12.7. The van der Waals surface area contributed by atoms with Crippen LogP contribution in [-0.4, -0.2) is 12.6 Å². The summed E-state index contributed by atoms with van der Waals surface area (Å²) in [6, 6.07) is 7.20. The van der Waals surface area contributed by atoms with Crippen molar-refractivity contribution >= 4 is 11.4 Å². The number of anilines is 2. The molecule has 1 aromatic carbocycles. The van der Waals surface area contributed by atoms with Crippen molar-refractivity contribution < 1.29 is 0 Å². The second kappa shape index (κ2) is 6.31. The van der Waals surface area contributed by atoms with Crippen molar-refractivity contribution in [2.45, 2.75) is 58.9 Å². The summed E-state index contributed by atoms with van der Waals surface area (Å²) >= 11 is 0. The fourth-order valence-corrected chi connectivity index (χ4v) is 3.05. The van der Waals surface area contributed by atoms with Gasteiger partial charge in [0.05, 0.1) is 11.4 Å². The third-order valence-corrected chi connectivity index (χ3v) is 4.21. The zero-order valence-corrected chi connectivity index (χ0v) is 12.7. The number of aryl methyl sites for hydroxylation is 1. The molecule has 1 aliphatic rings. The number of rotatable bonds is 5. The summed E-state index contributed by atoms with van der Waals surface area (Å²) in [7, 11) is 0. The Bertz CT molecular complexity index is 406. The fraction of sp³-hybridized carbons (Fsp3) is 0.647. The minimum atomic E-state index is 0.698. The summed E-state index contributed by atoms with van der Waals surface area (Å²) in [6.07, 6.45) is 6.63. The molecule has 19 heavy (non-hydrogen) atoms. The van der Waals surface area contributed by atoms with Gasteiger partial charge in [0, 0.05) is 12.6 Å². The number of nitrogens with two attached hydrogens (primary N) is 1. The smallest absolute Gasteiger partial charge is 0.0602 e. The third kappa shape index (κ3) is 3.65. The molecule has 1 saturated carbocycles. The molecule has 0 amide bonds. The molecule has 1 fully saturated rings. The average Bonchev–Trinajstić information content (AvgIpc) is 2.85. The highest BCUT2D eigenvalue weighted by Gasteiger charge is 2.24. The van der Waals surface area contributed by atoms with Crippen LogP contribution in [-0.2, 0) is 0 Å². The molecule has 0 radical (unpaired) electrons. The van der Waals surface area contributed by atoms with Crippen LogP contribution >= 0.6 is 0 Å². The Morgan fingerprint density at radius 2 is 1.95 bits per heavy atom. The topological polar surface area (TPSA) is 29.3 Å². The normalized spacial score (nSPS) is 16.2. The van der Waals surface area contributed by atoms with Crippen LogP contribution in [0.2, 0.25) is 0 Å². The lowest BCUT2D eigenvalue weighted by Crippen LogP contribution is -2.35. The molecular weight excluding hydrogens is 232 g/mol. The fourth-order valence-electron chi connectivity index (χ4n) is 3.05. The largest absolute Gasteiger partial charge is 0.397 e. The van der Waals surface area contributed by atoms with Crippen molar-refractivity contribution in [3.05, 3.63) is 23.8 Å². The molecule has 106 valence electrons. The predicted molar refractivity (Wildman–Crippen MR) is 84.6 cm³/mol. The molecule has 2 rings (SSSR count). The lowest BCUT2D eigenvalue weighted by atomic mass is 10.1. The molecule has 1 aliphatic carbocycles. The van der Waals surface area contributed by atoms with Gasteiger partial charge in [-0.15, -0.1) is 0 Å². The third-order valence-electron chi connectivity index (χ3n) is 4.21. The van der Waals surface area contributed by atoms with Gasteiger partial charge in [-0.1, -0.05) is 32.8 Å². The minimum Gasteiger partial charge on any atom is -0.397 e. The quantitative estimate of drug-likeness (QED) is 0.796. The number of hydrogen-bond donors (Lipinski definition) is 1. The van der Waals surface area contributed by atoms with Gasteiger partial charge in [0.1, 0.15) is 0 Å². The van der Waals surface area contributed by atoms with Crippen LogP contribution in [0, 0.1) is 12.8 Å². The van der Waals surface area contributed by atoms with Gasteiger partial charge in [-0.2, -0.15) is 0 Å². The highest BCUT2D eigenvalue weighted by molar-refractivity contribution is 5.69. The Morgan fingerprint density at radius 1 is 1.26 bits per heavy atom. The van der Waals surface area contributed by atoms with E-state index in [2.05, 4.69) is 43.9 Å². The first-order chi connectivity index (χ1) is 9.08. The van der Waals surface area contributed by atoms with Crippen LogP contribution in [0.5, 0.6) is 0 Å². The highest BCUT2D eigenvalue weighted by atomic mass is 15.2. The van der Waals surface area contributed by atoms with Gasteiger partial charge in [0.2, 0.25) is 0 Å². The van der Waals surface area contributed by atoms with Gasteiger partial charge in [-0.25, -0.2) is 0 Å². The molecule has 0 unspecified atom stereocenters. The van der Waals surface area contributed by atoms with E-state index in [0.717, 1.165) is 18.2 Å². The summed E-state index contributed by atoms with van der Waals surface area (Å²) in [5, 5.41) is 0. The van der Waals surface area contributed by atoms with E-state index < -0.39 is 0 Å². The van der Waals surface area contributed by atoms with E-state index in [0.29, 0.717) is 6.04 Å². The maximum absolute atomic E-state index is 6.25. The first-order valence-electron chi connectivity index (χ1n) is 7.70. The Labute approximate surface area is 118 Å². The standard InChI is InChI=1S/C17H28N2/c1-13(2)10-11-19(15-6-4-5-7-15)17-9-8-14(3)12-16(17)18/h8-9,12-13,15H,4-7,10-11,18H2,1-3H3. The summed E-state index contributed by atoms with van der Waals surface area (Å²) in [6.45, 7) is 7.83. The minimum absolute atomic E-state index is 0.698. The van der Waals surface area contributed by atoms with Crippen molar-refractivity contribution in [3.8, 4) is 0 Å². The van der Waals surface area contributed by atoms with Gasteiger partial charge in [-0.3, -0.25) is 0 Å². The summed E-state index contributed by atoms with van der Waals surface area (Å²) in [5.74, 6) is 0.746. The second-order valence-corrected chi connectivity index (χ2v) is 6.38. The van der Waals surface area contributed by atoms with E-state index >= 15 is 0 Å². The monoisotopic (exact) mass is 260 g/mol. The Balaban J connectivity index is 2.19. The van der Waals surface area contributed by atoms with Gasteiger partial charge in [-0.05, 0) is 49.8 Å². The maximum atomic E-state index is 6.25. The van der Waals surface area contributed by atoms with Gasteiger partial charge in [0.15, 0.2) is 0 Å². The molecule has 0 bridgehead atoms. The van der Waals surface area contributed by atoms with Gasteiger partial charge < -0.3 is 10.6 Å². The number of benzene rings is 1. The van der Waals surface area contributed by atoms with Crippen molar-refractivity contribution in [2.75, 3.05) is 17.2 Å². The SMILES string of the molecule is Cc1ccc(N(CCC(C)C)C2CCCC2)c(N)c1. The molecule has 1 aromatic rings. The van der Waals surface area contributed by atoms with Crippen molar-refractivity contribution in [2.24, 2.45) is 5.92 Å². The summed E-state index contributed by atoms with van der Waals surface area (Å²) in [5.41, 5.74) is 9.69. The Hall–Kier alpha value is -1.18. The molecule has 0 aromatic heterocycles. The number of nitrogen functional groups attached to an aromatic ring is 1. The van der Waals surface area contributed by atoms with Crippen molar-refractivity contribution in [1.29, 1.82) is 0 Å². The molecule has 2 heteroatoms. The van der Waals surface area contributed by atoms with Crippen molar-refractivity contribution in [1.82, 2.24) is 0 Å². The predicted octanol–water partition coefficient (Wildman–Crippen LogP) is 4.37. The van der Waals surface area contributed by atoms with E-state index in [1.165, 1.54) is 43.4 Å². The first kappa shape index (κ1) is 14.2. The van der Waals surface area contributed by atoms with Crippen LogP contribution in [0.1, 0.15) is 51.5 Å². The second-order valence-electron chi connectivity index (χ2n) is 6.38. The Morgan fingerprint density at radius 3 is 2.53 bits per heavy atom. The Kier molecular flexibility index (Phi) is 4.73. The van der Waals surface area contributed by atoms with Crippen LogP contribution < -0.4 is 10.6 Å². The van der Waals surface area contributed by atoms with E-state index in [9.17, 15) is 0 Å². The van der Waals surface area contributed by atoms with Crippen LogP contribution in [0.15, 0.2) is 18.2 Å². The average molecular weight is 260 g/mol. The summed E-state index contributed by atoms with van der Waals surface area (Å²) < 4.78 is 0. The molecule has 0 atom stereocenters. The molecule has 0 saturated heterocycles. The van der Waals surface area contributed by atoms with E-state index in [4.69, 9.17) is 5.73 Å². The van der Waals surface area contributed by atoms with Crippen LogP contribution in [0.25, 0.3) is 0 Å². The molecule has 0 heterocycles. The summed E-state index contributed by atoms with van der Waals surface area (Å²) in [4.78, 5) is 2.57. The number of nitrogens with zero attached hydrogens (tertiary/aromatic N) is 1. The molecule has 0 aliphatic heterocycles. The maximum Gasteiger partial charge on any atom is 0.0602 e. The molecule has 2 N–H and O–H groups in total. The van der Waals surface area contributed by atoms with Crippen LogP contribution in [0.3, 0.4) is 0 Å². The van der Waals surface area contributed by atoms with Gasteiger partial charge in [0.25, 0.3) is 0 Å². The highest BCUT2D eigenvalue weighted by Crippen LogP contribution is 2.32. The van der Waals surface area contributed by atoms with Crippen molar-refractivity contribution in [3.63, 3.8) is 0 Å². The lowest BCUT2D eigenvalue weighted by molar-refractivity contribution is 0.529. The lowest BCUT2D eigenvalue weighted by Gasteiger charge is -2.33. The molecule has 2 nitrogen and oxygen atoms in total. The number of hydrogen-bond acceptors (Lipinski definition) is 2. The van der Waals surface area contributed by atoms with E-state index in [-0.39, 0.29) is 0 Å². The molecule has 0 spiro atoms. The van der Waals surface area contributed by atoms with E-state index in [1.54, 1.807) is 0 Å². The van der Waals surface area contributed by atoms with Gasteiger partial charge >= 0.3 is 0 Å². The first-order valence-corrected chi connectivity index (χ1v) is 7.70. The zero-order chi connectivity index (χ0) is 13.8. The molecular formula is C17H28N2.